The van der Waals surface area contributed by atoms with E-state index < -0.39 is 15.8 Å². The van der Waals surface area contributed by atoms with Crippen molar-refractivity contribution in [2.45, 2.75) is 30.2 Å². The number of sulfonamides is 1. The van der Waals surface area contributed by atoms with Crippen molar-refractivity contribution in [2.75, 3.05) is 11.9 Å². The van der Waals surface area contributed by atoms with E-state index in [2.05, 4.69) is 15.9 Å². The molecule has 6 heteroatoms. The van der Waals surface area contributed by atoms with Crippen molar-refractivity contribution in [3.05, 3.63) is 30.1 Å². The van der Waals surface area contributed by atoms with Gasteiger partial charge in [-0.1, -0.05) is 22.4 Å². The lowest BCUT2D eigenvalue weighted by Crippen LogP contribution is -2.44. The van der Waals surface area contributed by atoms with E-state index in [1.165, 1.54) is 28.6 Å². The summed E-state index contributed by atoms with van der Waals surface area (Å²) < 4.78 is 39.3. The van der Waals surface area contributed by atoms with Crippen LogP contribution >= 0.6 is 15.9 Å². The molecule has 0 amide bonds. The molecule has 100 valence electrons. The second-order valence-corrected chi connectivity index (χ2v) is 6.91. The maximum absolute atomic E-state index is 12.8. The molecule has 2 rings (SSSR count). The van der Waals surface area contributed by atoms with E-state index in [1.54, 1.807) is 0 Å². The molecule has 1 heterocycles. The van der Waals surface area contributed by atoms with Crippen LogP contribution in [-0.4, -0.2) is 30.6 Å². The highest BCUT2D eigenvalue weighted by molar-refractivity contribution is 9.09. The van der Waals surface area contributed by atoms with Crippen LogP contribution in [0.4, 0.5) is 4.39 Å². The molecule has 0 spiro atoms. The summed E-state index contributed by atoms with van der Waals surface area (Å²) in [5.41, 5.74) is 0. The number of halogens is 2. The first-order valence-electron chi connectivity index (χ1n) is 5.89. The maximum Gasteiger partial charge on any atom is 0.243 e. The molecule has 3 nitrogen and oxygen atoms in total. The summed E-state index contributed by atoms with van der Waals surface area (Å²) in [5, 5.41) is 0.632. The molecular formula is C12H15BrFNO2S. The van der Waals surface area contributed by atoms with Gasteiger partial charge in [0.1, 0.15) is 5.82 Å². The standard InChI is InChI=1S/C12H15BrFNO2S/c13-9-11-3-1-2-8-15(11)18(16,17)12-6-4-10(14)5-7-12/h4-7,11H,1-3,8-9H2. The van der Waals surface area contributed by atoms with Gasteiger partial charge >= 0.3 is 0 Å². The lowest BCUT2D eigenvalue weighted by molar-refractivity contribution is 0.273. The van der Waals surface area contributed by atoms with E-state index in [0.29, 0.717) is 11.9 Å². The van der Waals surface area contributed by atoms with Crippen LogP contribution in [0.3, 0.4) is 0 Å². The molecule has 1 atom stereocenters. The van der Waals surface area contributed by atoms with Crippen molar-refractivity contribution in [1.29, 1.82) is 0 Å². The Morgan fingerprint density at radius 3 is 2.56 bits per heavy atom. The number of nitrogens with zero attached hydrogens (tertiary/aromatic N) is 1. The molecule has 1 saturated heterocycles. The number of piperidine rings is 1. The van der Waals surface area contributed by atoms with E-state index in [0.717, 1.165) is 19.3 Å². The van der Waals surface area contributed by atoms with Crippen molar-refractivity contribution in [3.8, 4) is 0 Å². The van der Waals surface area contributed by atoms with Crippen molar-refractivity contribution >= 4 is 26.0 Å². The SMILES string of the molecule is O=S(=O)(c1ccc(F)cc1)N1CCCCC1CBr. The molecule has 1 fully saturated rings. The molecule has 18 heavy (non-hydrogen) atoms. The van der Waals surface area contributed by atoms with Gasteiger partial charge in [0.2, 0.25) is 10.0 Å². The largest absolute Gasteiger partial charge is 0.243 e. The van der Waals surface area contributed by atoms with Gasteiger partial charge in [-0.25, -0.2) is 12.8 Å². The van der Waals surface area contributed by atoms with Gasteiger partial charge in [0.05, 0.1) is 4.90 Å². The average Bonchev–Trinajstić information content (AvgIpc) is 2.39. The van der Waals surface area contributed by atoms with E-state index in [1.807, 2.05) is 0 Å². The fourth-order valence-corrected chi connectivity index (χ4v) is 4.74. The van der Waals surface area contributed by atoms with E-state index in [-0.39, 0.29) is 10.9 Å². The molecule has 1 aromatic carbocycles. The molecule has 0 bridgehead atoms. The monoisotopic (exact) mass is 335 g/mol. The van der Waals surface area contributed by atoms with Gasteiger partial charge in [0.25, 0.3) is 0 Å². The smallest absolute Gasteiger partial charge is 0.207 e. The van der Waals surface area contributed by atoms with E-state index >= 15 is 0 Å². The van der Waals surface area contributed by atoms with Crippen LogP contribution in [0.5, 0.6) is 0 Å². The van der Waals surface area contributed by atoms with Crippen LogP contribution in [-0.2, 0) is 10.0 Å². The molecule has 0 N–H and O–H groups in total. The Labute approximate surface area is 115 Å². The fraction of sp³-hybridized carbons (Fsp3) is 0.500. The predicted molar refractivity (Wildman–Crippen MR) is 71.7 cm³/mol. The predicted octanol–water partition coefficient (Wildman–Crippen LogP) is 2.76. The summed E-state index contributed by atoms with van der Waals surface area (Å²) in [6.45, 7) is 0.538. The number of hydrogen-bond acceptors (Lipinski definition) is 2. The van der Waals surface area contributed by atoms with Gasteiger partial charge in [0.15, 0.2) is 0 Å². The van der Waals surface area contributed by atoms with Gasteiger partial charge < -0.3 is 0 Å². The lowest BCUT2D eigenvalue weighted by atomic mass is 10.1. The summed E-state index contributed by atoms with van der Waals surface area (Å²) in [6.07, 6.45) is 2.79. The zero-order valence-corrected chi connectivity index (χ0v) is 12.3. The quantitative estimate of drug-likeness (QED) is 0.796. The number of alkyl halides is 1. The minimum absolute atomic E-state index is 0.00574. The van der Waals surface area contributed by atoms with Crippen LogP contribution in [0.1, 0.15) is 19.3 Å². The van der Waals surface area contributed by atoms with Crippen molar-refractivity contribution < 1.29 is 12.8 Å². The zero-order valence-electron chi connectivity index (χ0n) is 9.85. The van der Waals surface area contributed by atoms with Gasteiger partial charge in [0, 0.05) is 17.9 Å². The average molecular weight is 336 g/mol. The minimum atomic E-state index is -3.50. The molecule has 0 aliphatic carbocycles. The first kappa shape index (κ1) is 14.0. The van der Waals surface area contributed by atoms with Gasteiger partial charge in [-0.05, 0) is 37.1 Å². The van der Waals surface area contributed by atoms with Crippen LogP contribution in [0, 0.1) is 5.82 Å². The summed E-state index contributed by atoms with van der Waals surface area (Å²) in [7, 11) is -3.50. The normalized spacial score (nSPS) is 22.0. The van der Waals surface area contributed by atoms with Gasteiger partial charge in [-0.3, -0.25) is 0 Å². The first-order chi connectivity index (χ1) is 8.55. The maximum atomic E-state index is 12.8. The van der Waals surface area contributed by atoms with Crippen LogP contribution in [0.25, 0.3) is 0 Å². The third-order valence-electron chi connectivity index (χ3n) is 3.17. The Morgan fingerprint density at radius 2 is 1.94 bits per heavy atom. The van der Waals surface area contributed by atoms with Gasteiger partial charge in [-0.2, -0.15) is 4.31 Å². The summed E-state index contributed by atoms with van der Waals surface area (Å²) in [4.78, 5) is 0.164. The number of benzene rings is 1. The third kappa shape index (κ3) is 2.75. The van der Waals surface area contributed by atoms with E-state index in [9.17, 15) is 12.8 Å². The topological polar surface area (TPSA) is 37.4 Å². The Bertz CT molecular complexity index is 503. The van der Waals surface area contributed by atoms with Crippen LogP contribution in [0.2, 0.25) is 0 Å². The second kappa shape index (κ2) is 5.67. The molecule has 1 aliphatic heterocycles. The van der Waals surface area contributed by atoms with E-state index in [4.69, 9.17) is 0 Å². The molecule has 0 aromatic heterocycles. The molecule has 1 unspecified atom stereocenters. The fourth-order valence-electron chi connectivity index (χ4n) is 2.19. The zero-order chi connectivity index (χ0) is 13.2. The molecule has 1 aromatic rings. The van der Waals surface area contributed by atoms with Crippen molar-refractivity contribution in [2.24, 2.45) is 0 Å². The molecule has 0 saturated carbocycles. The first-order valence-corrected chi connectivity index (χ1v) is 8.45. The molecule has 0 radical (unpaired) electrons. The summed E-state index contributed by atoms with van der Waals surface area (Å²) in [6, 6.07) is 5.00. The second-order valence-electron chi connectivity index (χ2n) is 4.37. The van der Waals surface area contributed by atoms with Crippen LogP contribution in [0.15, 0.2) is 29.2 Å². The molecule has 1 aliphatic rings. The summed E-state index contributed by atoms with van der Waals surface area (Å²) >= 11 is 3.36. The summed E-state index contributed by atoms with van der Waals surface area (Å²) in [5.74, 6) is -0.426. The highest BCUT2D eigenvalue weighted by atomic mass is 79.9. The third-order valence-corrected chi connectivity index (χ3v) is 5.88. The Kier molecular flexibility index (Phi) is 4.40. The number of hydrogen-bond donors (Lipinski definition) is 0. The Hall–Kier alpha value is -0.460. The molecular weight excluding hydrogens is 321 g/mol. The minimum Gasteiger partial charge on any atom is -0.207 e. The highest BCUT2D eigenvalue weighted by Crippen LogP contribution is 2.26. The Balaban J connectivity index is 2.32. The lowest BCUT2D eigenvalue weighted by Gasteiger charge is -2.33. The van der Waals surface area contributed by atoms with Crippen LogP contribution < -0.4 is 0 Å². The van der Waals surface area contributed by atoms with Crippen molar-refractivity contribution in [1.82, 2.24) is 4.31 Å². The van der Waals surface area contributed by atoms with Crippen molar-refractivity contribution in [3.63, 3.8) is 0 Å². The Morgan fingerprint density at radius 1 is 1.28 bits per heavy atom. The number of rotatable bonds is 3. The van der Waals surface area contributed by atoms with Gasteiger partial charge in [-0.15, -0.1) is 0 Å². The highest BCUT2D eigenvalue weighted by Gasteiger charge is 2.32.